The number of pyridine rings is 1. The minimum absolute atomic E-state index is 0.540. The summed E-state index contributed by atoms with van der Waals surface area (Å²) in [6.07, 6.45) is 0. The smallest absolute Gasteiger partial charge is 0.101 e. The van der Waals surface area contributed by atoms with E-state index in [0.717, 1.165) is 67.0 Å². The van der Waals surface area contributed by atoms with E-state index in [4.69, 9.17) is 5.10 Å². The Morgan fingerprint density at radius 3 is 1.34 bits per heavy atom. The SMILES string of the molecule is c1ccc(-c2nn3c(-c4ccccc4)cc4ccc(N(c5ccc6c(c5)C5(c7ccccc7-c7ccccc75)c5ccccc5-6)c5cccc6c5-c5ccccc5C6(c5ccccc5)c5ccccc5)cc4c3c2-c2ccccc2)cc1. The van der Waals surface area contributed by atoms with Crippen LogP contribution in [0.1, 0.15) is 44.5 Å². The van der Waals surface area contributed by atoms with Crippen LogP contribution in [0.25, 0.3) is 83.3 Å². The molecule has 3 heteroatoms. The van der Waals surface area contributed by atoms with Crippen molar-refractivity contribution in [2.75, 3.05) is 4.90 Å². The molecule has 12 aromatic carbocycles. The molecule has 0 N–H and O–H groups in total. The normalized spacial score (nSPS) is 13.6. The molecular weight excluding hydrogens is 991 g/mol. The summed E-state index contributed by atoms with van der Waals surface area (Å²) in [6.45, 7) is 0. The minimum Gasteiger partial charge on any atom is -0.310 e. The van der Waals surface area contributed by atoms with Crippen molar-refractivity contribution in [1.29, 1.82) is 0 Å². The number of hydrogen-bond donors (Lipinski definition) is 0. The van der Waals surface area contributed by atoms with Crippen LogP contribution >= 0.6 is 0 Å². The molecule has 3 nitrogen and oxygen atoms in total. The highest BCUT2D eigenvalue weighted by Crippen LogP contribution is 2.65. The molecule has 3 aliphatic carbocycles. The zero-order valence-electron chi connectivity index (χ0n) is 44.8. The fraction of sp³-hybridized carbons (Fsp3) is 0.0253. The zero-order valence-corrected chi connectivity index (χ0v) is 44.8. The van der Waals surface area contributed by atoms with Gasteiger partial charge in [-0.3, -0.25) is 0 Å². The first-order valence-corrected chi connectivity index (χ1v) is 28.5. The molecule has 82 heavy (non-hydrogen) atoms. The molecule has 2 heterocycles. The molecule has 0 atom stereocenters. The first-order valence-electron chi connectivity index (χ1n) is 28.5. The van der Waals surface area contributed by atoms with Crippen LogP contribution in [0.5, 0.6) is 0 Å². The van der Waals surface area contributed by atoms with Gasteiger partial charge in [0.15, 0.2) is 0 Å². The maximum absolute atomic E-state index is 5.66. The van der Waals surface area contributed by atoms with E-state index in [1.54, 1.807) is 0 Å². The Morgan fingerprint density at radius 1 is 0.305 bits per heavy atom. The fourth-order valence-electron chi connectivity index (χ4n) is 14.9. The summed E-state index contributed by atoms with van der Waals surface area (Å²) in [5, 5.41) is 7.90. The third-order valence-electron chi connectivity index (χ3n) is 18.1. The van der Waals surface area contributed by atoms with Gasteiger partial charge in [-0.2, -0.15) is 5.10 Å². The molecule has 0 amide bonds. The average Bonchev–Trinajstić information content (AvgIpc) is 1.85. The van der Waals surface area contributed by atoms with E-state index < -0.39 is 10.8 Å². The van der Waals surface area contributed by atoms with Gasteiger partial charge in [0.25, 0.3) is 0 Å². The Bertz CT molecular complexity index is 4750. The van der Waals surface area contributed by atoms with Crippen LogP contribution in [0.2, 0.25) is 0 Å². The molecule has 14 aromatic rings. The molecule has 0 unspecified atom stereocenters. The number of anilines is 3. The molecule has 0 fully saturated rings. The van der Waals surface area contributed by atoms with Gasteiger partial charge in [0.1, 0.15) is 5.69 Å². The van der Waals surface area contributed by atoms with Crippen molar-refractivity contribution in [2.45, 2.75) is 10.8 Å². The van der Waals surface area contributed by atoms with E-state index >= 15 is 0 Å². The molecule has 2 aromatic heterocycles. The Kier molecular flexibility index (Phi) is 10.1. The van der Waals surface area contributed by atoms with Gasteiger partial charge in [-0.25, -0.2) is 4.52 Å². The summed E-state index contributed by atoms with van der Waals surface area (Å²) in [6, 6.07) is 115. The van der Waals surface area contributed by atoms with Crippen molar-refractivity contribution in [3.8, 4) is 67.0 Å². The number of hydrogen-bond acceptors (Lipinski definition) is 2. The van der Waals surface area contributed by atoms with Gasteiger partial charge in [-0.1, -0.05) is 273 Å². The number of rotatable bonds is 8. The maximum atomic E-state index is 5.66. The lowest BCUT2D eigenvalue weighted by atomic mass is 9.68. The summed E-state index contributed by atoms with van der Waals surface area (Å²) >= 11 is 0. The van der Waals surface area contributed by atoms with Gasteiger partial charge in [0.05, 0.1) is 27.7 Å². The highest BCUT2D eigenvalue weighted by Gasteiger charge is 2.52. The van der Waals surface area contributed by atoms with Crippen molar-refractivity contribution in [3.63, 3.8) is 0 Å². The van der Waals surface area contributed by atoms with E-state index in [0.29, 0.717) is 0 Å². The molecule has 0 aliphatic heterocycles. The molecule has 0 saturated heterocycles. The van der Waals surface area contributed by atoms with Crippen LogP contribution in [-0.2, 0) is 10.8 Å². The van der Waals surface area contributed by atoms with Crippen LogP contribution in [0.4, 0.5) is 17.1 Å². The van der Waals surface area contributed by atoms with Crippen LogP contribution < -0.4 is 4.90 Å². The van der Waals surface area contributed by atoms with Crippen LogP contribution in [0, 0.1) is 0 Å². The number of fused-ring (bicyclic) bond motifs is 16. The molecule has 382 valence electrons. The Hall–Kier alpha value is -10.6. The Balaban J connectivity index is 0.999. The van der Waals surface area contributed by atoms with Crippen molar-refractivity contribution in [2.24, 2.45) is 0 Å². The highest BCUT2D eigenvalue weighted by molar-refractivity contribution is 6.11. The van der Waals surface area contributed by atoms with Gasteiger partial charge >= 0.3 is 0 Å². The predicted octanol–water partition coefficient (Wildman–Crippen LogP) is 19.7. The molecule has 17 rings (SSSR count). The number of aromatic nitrogens is 2. The van der Waals surface area contributed by atoms with Crippen molar-refractivity contribution in [3.05, 3.63) is 354 Å². The summed E-state index contributed by atoms with van der Waals surface area (Å²) in [5.74, 6) is 0. The van der Waals surface area contributed by atoms with Crippen LogP contribution in [-0.4, -0.2) is 9.61 Å². The Labute approximate surface area is 477 Å². The Morgan fingerprint density at radius 2 is 0.756 bits per heavy atom. The molecule has 3 aliphatic rings. The molecule has 0 radical (unpaired) electrons. The second-order valence-electron chi connectivity index (χ2n) is 22.1. The molecular formula is C79H51N3. The quantitative estimate of drug-likeness (QED) is 0.151. The minimum atomic E-state index is -0.601. The summed E-state index contributed by atoms with van der Waals surface area (Å²) in [4.78, 5) is 2.57. The van der Waals surface area contributed by atoms with Gasteiger partial charge < -0.3 is 4.90 Å². The third-order valence-corrected chi connectivity index (χ3v) is 18.1. The monoisotopic (exact) mass is 1040 g/mol. The average molecular weight is 1040 g/mol. The molecule has 1 spiro atoms. The van der Waals surface area contributed by atoms with Crippen LogP contribution in [0.3, 0.4) is 0 Å². The summed E-state index contributed by atoms with van der Waals surface area (Å²) < 4.78 is 2.21. The van der Waals surface area contributed by atoms with Gasteiger partial charge in [0.2, 0.25) is 0 Å². The standard InChI is InChI=1S/C79H51N3/c1-6-25-52(26-7-1)73-49-55-45-46-58(50-65(55)77-74(53-27-8-2-9-28-53)76(80-82(73)77)54-29-10-3-11-30-54)81(72-44-24-43-70-75(72)64-38-19-23-42-69(64)78(70,56-31-12-4-13-32-56)57-33-14-5-15-34-57)59-47-48-63-62-37-18-22-41-68(62)79(71(63)51-59)66-39-20-16-35-60(66)61-36-17-21-40-67(61)79/h1-51H. The first-order chi connectivity index (χ1) is 40.7. The van der Waals surface area contributed by atoms with Gasteiger partial charge in [-0.05, 0) is 120 Å². The van der Waals surface area contributed by atoms with E-state index in [1.165, 1.54) is 77.9 Å². The third kappa shape index (κ3) is 6.39. The van der Waals surface area contributed by atoms with E-state index in [2.05, 4.69) is 319 Å². The lowest BCUT2D eigenvalue weighted by Crippen LogP contribution is -2.28. The number of benzene rings is 12. The summed E-state index contributed by atoms with van der Waals surface area (Å²) in [7, 11) is 0. The van der Waals surface area contributed by atoms with E-state index in [1.807, 2.05) is 0 Å². The van der Waals surface area contributed by atoms with Crippen molar-refractivity contribution in [1.82, 2.24) is 9.61 Å². The first kappa shape index (κ1) is 46.3. The van der Waals surface area contributed by atoms with Crippen molar-refractivity contribution < 1.29 is 0 Å². The summed E-state index contributed by atoms with van der Waals surface area (Å²) in [5.41, 5.74) is 27.3. The van der Waals surface area contributed by atoms with Crippen molar-refractivity contribution >= 4 is 33.4 Å². The molecule has 0 bridgehead atoms. The maximum Gasteiger partial charge on any atom is 0.101 e. The largest absolute Gasteiger partial charge is 0.310 e. The fourth-order valence-corrected chi connectivity index (χ4v) is 14.9. The highest BCUT2D eigenvalue weighted by atomic mass is 15.2. The van der Waals surface area contributed by atoms with E-state index in [-0.39, 0.29) is 0 Å². The van der Waals surface area contributed by atoms with Crippen LogP contribution in [0.15, 0.2) is 309 Å². The zero-order chi connectivity index (χ0) is 53.9. The second-order valence-corrected chi connectivity index (χ2v) is 22.1. The van der Waals surface area contributed by atoms with E-state index in [9.17, 15) is 0 Å². The topological polar surface area (TPSA) is 20.5 Å². The lowest BCUT2D eigenvalue weighted by molar-refractivity contribution is 0.768. The second kappa shape index (κ2) is 18.0. The predicted molar refractivity (Wildman–Crippen MR) is 337 cm³/mol. The lowest BCUT2D eigenvalue weighted by Gasteiger charge is -2.35. The van der Waals surface area contributed by atoms with Gasteiger partial charge in [-0.15, -0.1) is 0 Å². The number of nitrogens with zero attached hydrogens (tertiary/aromatic N) is 3. The molecule has 0 saturated carbocycles. The van der Waals surface area contributed by atoms with Gasteiger partial charge in [0, 0.05) is 39.0 Å².